The topological polar surface area (TPSA) is 46.9 Å². The summed E-state index contributed by atoms with van der Waals surface area (Å²) in [4.78, 5) is 12.2. The molecule has 1 amide bonds. The van der Waals surface area contributed by atoms with Crippen molar-refractivity contribution in [3.63, 3.8) is 0 Å². The predicted octanol–water partition coefficient (Wildman–Crippen LogP) is 3.88. The number of hydrogen-bond donors (Lipinski definition) is 1. The highest BCUT2D eigenvalue weighted by atomic mass is 79.9. The number of anilines is 1. The molecule has 3 aromatic rings. The number of benzene rings is 2. The minimum atomic E-state index is -0.0474. The molecular formula is C18H16BrN3O. The number of aromatic nitrogens is 2. The van der Waals surface area contributed by atoms with Crippen LogP contribution in [0.25, 0.3) is 0 Å². The molecule has 0 saturated heterocycles. The van der Waals surface area contributed by atoms with Crippen LogP contribution in [-0.4, -0.2) is 15.7 Å². The van der Waals surface area contributed by atoms with Gasteiger partial charge >= 0.3 is 0 Å². The molecule has 0 fully saturated rings. The lowest BCUT2D eigenvalue weighted by molar-refractivity contribution is -0.115. The molecule has 2 aromatic carbocycles. The van der Waals surface area contributed by atoms with Crippen molar-refractivity contribution >= 4 is 27.7 Å². The van der Waals surface area contributed by atoms with E-state index in [2.05, 4.69) is 26.3 Å². The van der Waals surface area contributed by atoms with E-state index in [1.54, 1.807) is 10.9 Å². The Hall–Kier alpha value is -2.40. The second kappa shape index (κ2) is 7.24. The van der Waals surface area contributed by atoms with Crippen LogP contribution >= 0.6 is 15.9 Å². The minimum Gasteiger partial charge on any atom is -0.311 e. The van der Waals surface area contributed by atoms with Gasteiger partial charge in [-0.15, -0.1) is 0 Å². The van der Waals surface area contributed by atoms with E-state index in [1.165, 1.54) is 0 Å². The van der Waals surface area contributed by atoms with Gasteiger partial charge < -0.3 is 5.32 Å². The summed E-state index contributed by atoms with van der Waals surface area (Å²) in [6.45, 7) is 0.612. The molecule has 116 valence electrons. The van der Waals surface area contributed by atoms with E-state index in [9.17, 15) is 4.79 Å². The molecule has 0 aliphatic carbocycles. The highest BCUT2D eigenvalue weighted by Gasteiger charge is 2.08. The fourth-order valence-electron chi connectivity index (χ4n) is 2.30. The average Bonchev–Trinajstić information content (AvgIpc) is 2.97. The third kappa shape index (κ3) is 4.29. The molecule has 0 radical (unpaired) electrons. The van der Waals surface area contributed by atoms with Gasteiger partial charge in [-0.2, -0.15) is 5.10 Å². The van der Waals surface area contributed by atoms with Crippen molar-refractivity contribution < 1.29 is 4.79 Å². The Bertz CT molecular complexity index is 782. The van der Waals surface area contributed by atoms with Crippen molar-refractivity contribution in [3.05, 3.63) is 82.5 Å². The van der Waals surface area contributed by atoms with Crippen molar-refractivity contribution in [2.45, 2.75) is 13.0 Å². The number of halogens is 1. The first-order valence-corrected chi connectivity index (χ1v) is 8.10. The van der Waals surface area contributed by atoms with Crippen molar-refractivity contribution in [2.24, 2.45) is 0 Å². The number of nitrogens with one attached hydrogen (secondary N) is 1. The van der Waals surface area contributed by atoms with Gasteiger partial charge in [-0.1, -0.05) is 58.4 Å². The largest absolute Gasteiger partial charge is 0.311 e. The molecule has 0 aliphatic heterocycles. The molecule has 0 saturated carbocycles. The van der Waals surface area contributed by atoms with Crippen LogP contribution in [0.5, 0.6) is 0 Å². The van der Waals surface area contributed by atoms with E-state index in [4.69, 9.17) is 0 Å². The van der Waals surface area contributed by atoms with E-state index in [0.29, 0.717) is 18.8 Å². The molecular weight excluding hydrogens is 354 g/mol. The Kier molecular flexibility index (Phi) is 4.88. The normalized spacial score (nSPS) is 10.5. The first-order chi connectivity index (χ1) is 11.2. The highest BCUT2D eigenvalue weighted by Crippen LogP contribution is 2.14. The molecule has 0 bridgehead atoms. The summed E-state index contributed by atoms with van der Waals surface area (Å²) in [5.74, 6) is 0.655. The number of carbonyl (C=O) groups is 1. The van der Waals surface area contributed by atoms with Crippen LogP contribution in [0.15, 0.2) is 71.3 Å². The molecule has 1 heterocycles. The third-order valence-electron chi connectivity index (χ3n) is 3.44. The fraction of sp³-hybridized carbons (Fsp3) is 0.111. The Labute approximate surface area is 143 Å². The molecule has 0 spiro atoms. The lowest BCUT2D eigenvalue weighted by Gasteiger charge is -2.09. The maximum atomic E-state index is 12.2. The van der Waals surface area contributed by atoms with Gasteiger partial charge in [0.25, 0.3) is 0 Å². The average molecular weight is 370 g/mol. The summed E-state index contributed by atoms with van der Waals surface area (Å²) in [5, 5.41) is 7.21. The molecule has 0 aliphatic rings. The Morgan fingerprint density at radius 1 is 1.00 bits per heavy atom. The van der Waals surface area contributed by atoms with E-state index >= 15 is 0 Å². The maximum absolute atomic E-state index is 12.2. The van der Waals surface area contributed by atoms with Crippen LogP contribution in [0.3, 0.4) is 0 Å². The van der Waals surface area contributed by atoms with Crippen molar-refractivity contribution in [1.82, 2.24) is 9.78 Å². The second-order valence-corrected chi connectivity index (χ2v) is 6.13. The monoisotopic (exact) mass is 369 g/mol. The zero-order valence-corrected chi connectivity index (χ0v) is 14.0. The molecule has 0 unspecified atom stereocenters. The van der Waals surface area contributed by atoms with Crippen molar-refractivity contribution in [3.8, 4) is 0 Å². The number of amides is 1. The number of rotatable bonds is 5. The number of nitrogens with zero attached hydrogens (tertiary/aromatic N) is 2. The quantitative estimate of drug-likeness (QED) is 0.741. The van der Waals surface area contributed by atoms with Crippen molar-refractivity contribution in [1.29, 1.82) is 0 Å². The fourth-order valence-corrected chi connectivity index (χ4v) is 2.56. The van der Waals surface area contributed by atoms with E-state index < -0.39 is 0 Å². The van der Waals surface area contributed by atoms with Crippen LogP contribution in [0.1, 0.15) is 11.1 Å². The minimum absolute atomic E-state index is 0.0474. The molecule has 0 atom stereocenters. The van der Waals surface area contributed by atoms with Gasteiger partial charge in [-0.3, -0.25) is 4.79 Å². The number of hydrogen-bond acceptors (Lipinski definition) is 2. The second-order valence-electron chi connectivity index (χ2n) is 5.21. The molecule has 1 N–H and O–H groups in total. The molecule has 3 rings (SSSR count). The third-order valence-corrected chi connectivity index (χ3v) is 3.97. The predicted molar refractivity (Wildman–Crippen MR) is 94.2 cm³/mol. The molecule has 23 heavy (non-hydrogen) atoms. The van der Waals surface area contributed by atoms with E-state index in [-0.39, 0.29) is 5.91 Å². The SMILES string of the molecule is O=C(Cc1ccccc1)Nc1ccnn1Cc1ccc(Br)cc1. The molecule has 4 nitrogen and oxygen atoms in total. The first kappa shape index (κ1) is 15.5. The zero-order valence-electron chi connectivity index (χ0n) is 12.4. The first-order valence-electron chi connectivity index (χ1n) is 7.31. The van der Waals surface area contributed by atoms with Crippen LogP contribution < -0.4 is 5.32 Å². The summed E-state index contributed by atoms with van der Waals surface area (Å²) >= 11 is 3.42. The summed E-state index contributed by atoms with van der Waals surface area (Å²) < 4.78 is 2.82. The van der Waals surface area contributed by atoms with Crippen LogP contribution in [0.2, 0.25) is 0 Å². The van der Waals surface area contributed by atoms with Gasteiger partial charge in [0.2, 0.25) is 5.91 Å². The lowest BCUT2D eigenvalue weighted by Crippen LogP contribution is -2.18. The maximum Gasteiger partial charge on any atom is 0.229 e. The van der Waals surface area contributed by atoms with E-state index in [1.807, 2.05) is 60.7 Å². The summed E-state index contributed by atoms with van der Waals surface area (Å²) in [6, 6.07) is 19.5. The standard InChI is InChI=1S/C18H16BrN3O/c19-16-8-6-15(7-9-16)13-22-17(10-11-20-22)21-18(23)12-14-4-2-1-3-5-14/h1-11H,12-13H2,(H,21,23). The summed E-state index contributed by atoms with van der Waals surface area (Å²) in [6.07, 6.45) is 2.04. The van der Waals surface area contributed by atoms with Gasteiger partial charge in [0.15, 0.2) is 0 Å². The molecule has 5 heteroatoms. The van der Waals surface area contributed by atoms with Gasteiger partial charge in [0.05, 0.1) is 19.2 Å². The highest BCUT2D eigenvalue weighted by molar-refractivity contribution is 9.10. The van der Waals surface area contributed by atoms with Gasteiger partial charge in [0.1, 0.15) is 5.82 Å². The Morgan fingerprint density at radius 2 is 1.74 bits per heavy atom. The summed E-state index contributed by atoms with van der Waals surface area (Å²) in [7, 11) is 0. The van der Waals surface area contributed by atoms with Crippen LogP contribution in [-0.2, 0) is 17.8 Å². The lowest BCUT2D eigenvalue weighted by atomic mass is 10.1. The van der Waals surface area contributed by atoms with Gasteiger partial charge in [0, 0.05) is 10.5 Å². The zero-order chi connectivity index (χ0) is 16.1. The summed E-state index contributed by atoms with van der Waals surface area (Å²) in [5.41, 5.74) is 2.11. The van der Waals surface area contributed by atoms with E-state index in [0.717, 1.165) is 15.6 Å². The Balaban J connectivity index is 1.66. The van der Waals surface area contributed by atoms with Gasteiger partial charge in [-0.25, -0.2) is 4.68 Å². The van der Waals surface area contributed by atoms with Crippen LogP contribution in [0, 0.1) is 0 Å². The molecule has 1 aromatic heterocycles. The van der Waals surface area contributed by atoms with Crippen molar-refractivity contribution in [2.75, 3.05) is 5.32 Å². The smallest absolute Gasteiger partial charge is 0.229 e. The van der Waals surface area contributed by atoms with Gasteiger partial charge in [-0.05, 0) is 23.3 Å². The number of carbonyl (C=O) groups excluding carboxylic acids is 1. The van der Waals surface area contributed by atoms with Crippen LogP contribution in [0.4, 0.5) is 5.82 Å². The Morgan fingerprint density at radius 3 is 2.48 bits per heavy atom.